The Kier molecular flexibility index (Phi) is 3.94. The van der Waals surface area contributed by atoms with Crippen molar-refractivity contribution >= 4 is 12.0 Å². The molecule has 1 N–H and O–H groups in total. The molecule has 1 fully saturated rings. The zero-order valence-electron chi connectivity index (χ0n) is 10.6. The van der Waals surface area contributed by atoms with Crippen LogP contribution in [0.3, 0.4) is 0 Å². The van der Waals surface area contributed by atoms with Crippen molar-refractivity contribution in [2.24, 2.45) is 0 Å². The average Bonchev–Trinajstić information content (AvgIpc) is 2.69. The van der Waals surface area contributed by atoms with Gasteiger partial charge in [0.1, 0.15) is 0 Å². The van der Waals surface area contributed by atoms with Gasteiger partial charge in [-0.3, -0.25) is 4.79 Å². The molecule has 0 spiro atoms. The highest BCUT2D eigenvalue weighted by molar-refractivity contribution is 6.08. The van der Waals surface area contributed by atoms with Crippen molar-refractivity contribution in [1.82, 2.24) is 5.32 Å². The molecule has 0 aromatic heterocycles. The van der Waals surface area contributed by atoms with E-state index in [4.69, 9.17) is 0 Å². The van der Waals surface area contributed by atoms with Gasteiger partial charge in [0.25, 0.3) is 5.91 Å². The van der Waals surface area contributed by atoms with Crippen LogP contribution in [0.25, 0.3) is 6.08 Å². The third-order valence-corrected chi connectivity index (χ3v) is 2.75. The summed E-state index contributed by atoms with van der Waals surface area (Å²) in [5.74, 6) is -0.106. The maximum absolute atomic E-state index is 12.0. The molecule has 0 atom stereocenters. The minimum Gasteiger partial charge on any atom is -0.321 e. The fourth-order valence-corrected chi connectivity index (χ4v) is 1.93. The van der Waals surface area contributed by atoms with E-state index in [9.17, 15) is 4.79 Å². The Morgan fingerprint density at radius 1 is 0.947 bits per heavy atom. The van der Waals surface area contributed by atoms with Gasteiger partial charge in [-0.05, 0) is 17.7 Å². The first kappa shape index (κ1) is 12.8. The molecule has 2 nitrogen and oxygen atoms in total. The van der Waals surface area contributed by atoms with Crippen LogP contribution in [0.5, 0.6) is 0 Å². The molecule has 2 rings (SSSR count). The van der Waals surface area contributed by atoms with Gasteiger partial charge in [-0.2, -0.15) is 0 Å². The monoisotopic (exact) mass is 249 g/mol. The molecule has 1 aromatic carbocycles. The lowest BCUT2D eigenvalue weighted by molar-refractivity contribution is -0.115. The number of amides is 1. The average molecular weight is 249 g/mol. The molecule has 1 aliphatic heterocycles. The standard InChI is InChI=1S/C17H15NO/c1-3-8-14-15(12-13-10-6-5-7-11-13)17(19)18-16(14)9-4-2/h3-12H,1-2H2,(H,18,19). The van der Waals surface area contributed by atoms with E-state index in [2.05, 4.69) is 18.5 Å². The molecule has 19 heavy (non-hydrogen) atoms. The highest BCUT2D eigenvalue weighted by atomic mass is 16.2. The van der Waals surface area contributed by atoms with E-state index in [0.29, 0.717) is 5.57 Å². The van der Waals surface area contributed by atoms with Gasteiger partial charge >= 0.3 is 0 Å². The van der Waals surface area contributed by atoms with Crippen LogP contribution >= 0.6 is 0 Å². The topological polar surface area (TPSA) is 29.1 Å². The van der Waals surface area contributed by atoms with Crippen molar-refractivity contribution in [3.8, 4) is 0 Å². The summed E-state index contributed by atoms with van der Waals surface area (Å²) in [6, 6.07) is 9.75. The molecule has 1 aliphatic rings. The predicted molar refractivity (Wildman–Crippen MR) is 79.1 cm³/mol. The smallest absolute Gasteiger partial charge is 0.256 e. The van der Waals surface area contributed by atoms with Crippen LogP contribution in [0.15, 0.2) is 84.6 Å². The molecule has 1 aromatic rings. The van der Waals surface area contributed by atoms with E-state index in [-0.39, 0.29) is 5.91 Å². The summed E-state index contributed by atoms with van der Waals surface area (Å²) in [5.41, 5.74) is 3.22. The highest BCUT2D eigenvalue weighted by Crippen LogP contribution is 2.27. The fourth-order valence-electron chi connectivity index (χ4n) is 1.93. The van der Waals surface area contributed by atoms with E-state index < -0.39 is 0 Å². The summed E-state index contributed by atoms with van der Waals surface area (Å²) in [5, 5.41) is 2.83. The molecular formula is C17H15NO. The first-order valence-corrected chi connectivity index (χ1v) is 6.00. The van der Waals surface area contributed by atoms with Crippen LogP contribution in [0.2, 0.25) is 0 Å². The molecule has 0 radical (unpaired) electrons. The minimum absolute atomic E-state index is 0.106. The van der Waals surface area contributed by atoms with Crippen LogP contribution in [0.4, 0.5) is 0 Å². The molecule has 1 amide bonds. The minimum atomic E-state index is -0.106. The summed E-state index contributed by atoms with van der Waals surface area (Å²) in [4.78, 5) is 12.0. The number of benzene rings is 1. The molecule has 94 valence electrons. The van der Waals surface area contributed by atoms with Crippen LogP contribution in [-0.2, 0) is 4.79 Å². The predicted octanol–water partition coefficient (Wildman–Crippen LogP) is 3.38. The van der Waals surface area contributed by atoms with Gasteiger partial charge in [-0.25, -0.2) is 0 Å². The number of allylic oxidation sites excluding steroid dienone is 5. The zero-order valence-corrected chi connectivity index (χ0v) is 10.6. The summed E-state index contributed by atoms with van der Waals surface area (Å²) in [7, 11) is 0. The second-order valence-corrected chi connectivity index (χ2v) is 4.05. The molecule has 1 saturated heterocycles. The quantitative estimate of drug-likeness (QED) is 0.817. The molecular weight excluding hydrogens is 234 g/mol. The Labute approximate surface area is 113 Å². The van der Waals surface area contributed by atoms with E-state index in [1.54, 1.807) is 18.2 Å². The normalized spacial score (nSPS) is 20.8. The number of rotatable bonds is 3. The van der Waals surface area contributed by atoms with Gasteiger partial charge in [0.15, 0.2) is 0 Å². The van der Waals surface area contributed by atoms with E-state index >= 15 is 0 Å². The summed E-state index contributed by atoms with van der Waals surface area (Å²) in [6.07, 6.45) is 8.79. The number of nitrogens with one attached hydrogen (secondary N) is 1. The van der Waals surface area contributed by atoms with Crippen LogP contribution in [-0.4, -0.2) is 5.91 Å². The van der Waals surface area contributed by atoms with Gasteiger partial charge < -0.3 is 5.32 Å². The van der Waals surface area contributed by atoms with Crippen molar-refractivity contribution in [3.05, 3.63) is 90.2 Å². The molecule has 0 aliphatic carbocycles. The SMILES string of the molecule is C=CC=C1NC(=O)C(=Cc2ccccc2)C1=CC=C. The third-order valence-electron chi connectivity index (χ3n) is 2.75. The molecule has 0 unspecified atom stereocenters. The number of carbonyl (C=O) groups is 1. The summed E-state index contributed by atoms with van der Waals surface area (Å²) >= 11 is 0. The van der Waals surface area contributed by atoms with Gasteiger partial charge in [0.05, 0.1) is 0 Å². The van der Waals surface area contributed by atoms with Gasteiger partial charge in [0, 0.05) is 16.8 Å². The molecule has 1 heterocycles. The summed E-state index contributed by atoms with van der Waals surface area (Å²) in [6.45, 7) is 7.34. The number of hydrogen-bond donors (Lipinski definition) is 1. The maximum Gasteiger partial charge on any atom is 0.256 e. The van der Waals surface area contributed by atoms with E-state index in [1.807, 2.05) is 42.5 Å². The first-order valence-electron chi connectivity index (χ1n) is 6.00. The number of hydrogen-bond acceptors (Lipinski definition) is 1. The Balaban J connectivity index is 2.49. The van der Waals surface area contributed by atoms with E-state index in [1.165, 1.54) is 0 Å². The second-order valence-electron chi connectivity index (χ2n) is 4.05. The van der Waals surface area contributed by atoms with Gasteiger partial charge in [-0.1, -0.05) is 61.7 Å². The summed E-state index contributed by atoms with van der Waals surface area (Å²) < 4.78 is 0. The lowest BCUT2D eigenvalue weighted by Crippen LogP contribution is -2.13. The van der Waals surface area contributed by atoms with Crippen molar-refractivity contribution in [3.63, 3.8) is 0 Å². The third kappa shape index (κ3) is 2.80. The Bertz CT molecular complexity index is 603. The van der Waals surface area contributed by atoms with Gasteiger partial charge in [0.2, 0.25) is 0 Å². The van der Waals surface area contributed by atoms with Crippen molar-refractivity contribution in [2.75, 3.05) is 0 Å². The molecule has 2 heteroatoms. The highest BCUT2D eigenvalue weighted by Gasteiger charge is 2.25. The maximum atomic E-state index is 12.0. The molecule has 0 bridgehead atoms. The lowest BCUT2D eigenvalue weighted by atomic mass is 10.0. The number of carbonyl (C=O) groups excluding carboxylic acids is 1. The van der Waals surface area contributed by atoms with Crippen molar-refractivity contribution in [2.45, 2.75) is 0 Å². The van der Waals surface area contributed by atoms with E-state index in [0.717, 1.165) is 16.8 Å². The Morgan fingerprint density at radius 3 is 2.26 bits per heavy atom. The molecule has 0 saturated carbocycles. The zero-order chi connectivity index (χ0) is 13.7. The van der Waals surface area contributed by atoms with Crippen LogP contribution in [0, 0.1) is 0 Å². The lowest BCUT2D eigenvalue weighted by Gasteiger charge is -1.99. The fraction of sp³-hybridized carbons (Fsp3) is 0. The van der Waals surface area contributed by atoms with Crippen molar-refractivity contribution < 1.29 is 4.79 Å². The van der Waals surface area contributed by atoms with Crippen LogP contribution < -0.4 is 5.32 Å². The largest absolute Gasteiger partial charge is 0.321 e. The second kappa shape index (κ2) is 5.83. The first-order chi connectivity index (χ1) is 9.26. The Morgan fingerprint density at radius 2 is 1.63 bits per heavy atom. The van der Waals surface area contributed by atoms with Gasteiger partial charge in [-0.15, -0.1) is 0 Å². The van der Waals surface area contributed by atoms with Crippen molar-refractivity contribution in [1.29, 1.82) is 0 Å². The van der Waals surface area contributed by atoms with Crippen LogP contribution in [0.1, 0.15) is 5.56 Å². The Hall–Kier alpha value is -2.61.